The van der Waals surface area contributed by atoms with Crippen molar-refractivity contribution in [2.75, 3.05) is 21.0 Å². The third-order valence-electron chi connectivity index (χ3n) is 7.22. The SMILES string of the molecule is COc1cc(C=Nn2c(-c3cc4c(OC)cccc4o3)nc3ccccc3c2=O)c(Br)c(Cl)c1OCc1ccc2c(c1)OCO2. The Morgan fingerprint density at radius 3 is 2.64 bits per heavy atom. The van der Waals surface area contributed by atoms with Gasteiger partial charge in [-0.25, -0.2) is 4.98 Å². The fourth-order valence-electron chi connectivity index (χ4n) is 5.00. The molecule has 4 aromatic carbocycles. The smallest absolute Gasteiger partial charge is 0.282 e. The summed E-state index contributed by atoms with van der Waals surface area (Å²) >= 11 is 10.3. The monoisotopic (exact) mass is 687 g/mol. The Balaban J connectivity index is 1.27. The minimum Gasteiger partial charge on any atom is -0.496 e. The number of halogens is 2. The van der Waals surface area contributed by atoms with E-state index >= 15 is 0 Å². The van der Waals surface area contributed by atoms with Crippen molar-refractivity contribution in [3.8, 4) is 40.3 Å². The molecule has 0 fully saturated rings. The van der Waals surface area contributed by atoms with Crippen LogP contribution < -0.4 is 29.2 Å². The van der Waals surface area contributed by atoms with Crippen LogP contribution in [0.25, 0.3) is 33.5 Å². The van der Waals surface area contributed by atoms with Crippen LogP contribution in [0.1, 0.15) is 11.1 Å². The van der Waals surface area contributed by atoms with Crippen molar-refractivity contribution in [1.82, 2.24) is 9.66 Å². The molecule has 0 N–H and O–H groups in total. The predicted octanol–water partition coefficient (Wildman–Crippen LogP) is 7.43. The number of para-hydroxylation sites is 1. The lowest BCUT2D eigenvalue weighted by Gasteiger charge is -2.15. The third kappa shape index (κ3) is 5.23. The van der Waals surface area contributed by atoms with Gasteiger partial charge in [0.15, 0.2) is 28.8 Å². The normalized spacial score (nSPS) is 12.4. The van der Waals surface area contributed by atoms with Crippen molar-refractivity contribution in [2.24, 2.45) is 5.10 Å². The third-order valence-corrected chi connectivity index (χ3v) is 8.67. The predicted molar refractivity (Wildman–Crippen MR) is 173 cm³/mol. The molecule has 0 saturated carbocycles. The molecule has 0 saturated heterocycles. The first-order chi connectivity index (χ1) is 21.9. The first-order valence-electron chi connectivity index (χ1n) is 13.7. The van der Waals surface area contributed by atoms with Crippen LogP contribution in [-0.2, 0) is 6.61 Å². The number of furan rings is 1. The van der Waals surface area contributed by atoms with Gasteiger partial charge in [-0.15, -0.1) is 0 Å². The Bertz CT molecular complexity index is 2190. The number of methoxy groups -OCH3 is 2. The van der Waals surface area contributed by atoms with Gasteiger partial charge in [0, 0.05) is 10.0 Å². The highest BCUT2D eigenvalue weighted by Crippen LogP contribution is 2.43. The Hall–Kier alpha value is -5.00. The van der Waals surface area contributed by atoms with Gasteiger partial charge in [0.25, 0.3) is 5.56 Å². The summed E-state index contributed by atoms with van der Waals surface area (Å²) in [5.74, 6) is 3.24. The summed E-state index contributed by atoms with van der Waals surface area (Å²) < 4.78 is 35.8. The van der Waals surface area contributed by atoms with Crippen LogP contribution in [-0.4, -0.2) is 36.9 Å². The molecule has 226 valence electrons. The van der Waals surface area contributed by atoms with E-state index in [1.807, 2.05) is 42.5 Å². The van der Waals surface area contributed by atoms with E-state index in [1.54, 1.807) is 37.4 Å². The van der Waals surface area contributed by atoms with E-state index in [1.165, 1.54) is 18.0 Å². The number of fused-ring (bicyclic) bond motifs is 3. The Morgan fingerprint density at radius 1 is 0.978 bits per heavy atom. The molecule has 7 rings (SSSR count). The molecule has 1 aliphatic heterocycles. The Labute approximate surface area is 269 Å². The van der Waals surface area contributed by atoms with E-state index in [2.05, 4.69) is 21.0 Å². The topological polar surface area (TPSA) is 107 Å². The van der Waals surface area contributed by atoms with E-state index in [4.69, 9.17) is 44.7 Å². The molecule has 0 aliphatic carbocycles. The lowest BCUT2D eigenvalue weighted by molar-refractivity contribution is 0.174. The number of nitrogens with zero attached hydrogens (tertiary/aromatic N) is 3. The van der Waals surface area contributed by atoms with Gasteiger partial charge in [0.2, 0.25) is 12.6 Å². The first kappa shape index (κ1) is 28.8. The van der Waals surface area contributed by atoms with E-state index in [9.17, 15) is 4.79 Å². The maximum atomic E-state index is 13.7. The molecule has 1 aliphatic rings. The van der Waals surface area contributed by atoms with Gasteiger partial charge in [-0.2, -0.15) is 9.78 Å². The average Bonchev–Trinajstić information content (AvgIpc) is 3.72. The molecule has 0 amide bonds. The fourth-order valence-corrected chi connectivity index (χ4v) is 5.66. The van der Waals surface area contributed by atoms with Crippen LogP contribution in [0.5, 0.6) is 28.7 Å². The first-order valence-corrected chi connectivity index (χ1v) is 14.8. The summed E-state index contributed by atoms with van der Waals surface area (Å²) in [6.07, 6.45) is 1.49. The second-order valence-corrected chi connectivity index (χ2v) is 11.1. The molecule has 6 aromatic rings. The maximum absolute atomic E-state index is 13.7. The summed E-state index contributed by atoms with van der Waals surface area (Å²) in [4.78, 5) is 18.5. The van der Waals surface area contributed by atoms with Crippen molar-refractivity contribution in [1.29, 1.82) is 0 Å². The number of ether oxygens (including phenoxy) is 5. The quantitative estimate of drug-likeness (QED) is 0.152. The van der Waals surface area contributed by atoms with Crippen LogP contribution in [0, 0.1) is 0 Å². The summed E-state index contributed by atoms with van der Waals surface area (Å²) in [5, 5.41) is 5.97. The number of aromatic nitrogens is 2. The molecule has 3 heterocycles. The summed E-state index contributed by atoms with van der Waals surface area (Å²) in [5.41, 5.74) is 2.10. The number of rotatable bonds is 8. The second kappa shape index (κ2) is 11.8. The van der Waals surface area contributed by atoms with E-state index in [0.29, 0.717) is 61.0 Å². The highest BCUT2D eigenvalue weighted by Gasteiger charge is 2.21. The van der Waals surface area contributed by atoms with Crippen molar-refractivity contribution in [2.45, 2.75) is 6.61 Å². The minimum atomic E-state index is -0.378. The minimum absolute atomic E-state index is 0.186. The molecule has 10 nitrogen and oxygen atoms in total. The zero-order chi connectivity index (χ0) is 31.1. The van der Waals surface area contributed by atoms with Gasteiger partial charge < -0.3 is 28.1 Å². The summed E-state index contributed by atoms with van der Waals surface area (Å²) in [7, 11) is 3.10. The number of benzene rings is 4. The second-order valence-electron chi connectivity index (χ2n) is 9.90. The molecular formula is C33H23BrClN3O7. The number of hydrogen-bond acceptors (Lipinski definition) is 9. The van der Waals surface area contributed by atoms with Gasteiger partial charge in [0.1, 0.15) is 23.0 Å². The number of hydrogen-bond donors (Lipinski definition) is 0. The van der Waals surface area contributed by atoms with Crippen molar-refractivity contribution in [3.05, 3.63) is 104 Å². The maximum Gasteiger partial charge on any atom is 0.282 e. The van der Waals surface area contributed by atoms with Crippen molar-refractivity contribution >= 4 is 55.6 Å². The van der Waals surface area contributed by atoms with Gasteiger partial charge in [0.05, 0.1) is 36.7 Å². The molecule has 45 heavy (non-hydrogen) atoms. The lowest BCUT2D eigenvalue weighted by atomic mass is 10.2. The zero-order valence-corrected chi connectivity index (χ0v) is 26.2. The molecular weight excluding hydrogens is 666 g/mol. The van der Waals surface area contributed by atoms with Gasteiger partial charge >= 0.3 is 0 Å². The lowest BCUT2D eigenvalue weighted by Crippen LogP contribution is -2.20. The van der Waals surface area contributed by atoms with Crippen LogP contribution in [0.4, 0.5) is 0 Å². The molecule has 12 heteroatoms. The van der Waals surface area contributed by atoms with Crippen LogP contribution in [0.3, 0.4) is 0 Å². The molecule has 0 spiro atoms. The Kier molecular flexibility index (Phi) is 7.56. The van der Waals surface area contributed by atoms with Crippen molar-refractivity contribution in [3.63, 3.8) is 0 Å². The zero-order valence-electron chi connectivity index (χ0n) is 23.9. The van der Waals surface area contributed by atoms with Gasteiger partial charge in [-0.1, -0.05) is 35.9 Å². The van der Waals surface area contributed by atoms with Gasteiger partial charge in [-0.05, 0) is 70.0 Å². The summed E-state index contributed by atoms with van der Waals surface area (Å²) in [6, 6.07) is 21.6. The standard InChI is InChI=1S/C33H23BrClN3O7/c1-40-23-8-5-9-24-21(23)14-28(45-24)32-37-22-7-4-3-6-20(22)33(39)38(32)36-15-19-13-27(41-2)31(30(35)29(19)34)42-16-18-10-11-25-26(12-18)44-17-43-25/h3-15H,16-17H2,1-2H3. The van der Waals surface area contributed by atoms with E-state index in [-0.39, 0.29) is 29.8 Å². The van der Waals surface area contributed by atoms with E-state index < -0.39 is 0 Å². The highest BCUT2D eigenvalue weighted by atomic mass is 79.9. The van der Waals surface area contributed by atoms with Crippen LogP contribution >= 0.6 is 27.5 Å². The largest absolute Gasteiger partial charge is 0.496 e. The van der Waals surface area contributed by atoms with Crippen LogP contribution in [0.2, 0.25) is 5.02 Å². The molecule has 0 bridgehead atoms. The molecule has 0 radical (unpaired) electrons. The molecule has 0 unspecified atom stereocenters. The van der Waals surface area contributed by atoms with Crippen LogP contribution in [0.15, 0.2) is 91.6 Å². The average molecular weight is 689 g/mol. The Morgan fingerprint density at radius 2 is 1.80 bits per heavy atom. The fraction of sp³-hybridized carbons (Fsp3) is 0.121. The van der Waals surface area contributed by atoms with Crippen molar-refractivity contribution < 1.29 is 28.1 Å². The molecule has 0 atom stereocenters. The van der Waals surface area contributed by atoms with E-state index in [0.717, 1.165) is 10.9 Å². The summed E-state index contributed by atoms with van der Waals surface area (Å²) in [6.45, 7) is 0.390. The highest BCUT2D eigenvalue weighted by molar-refractivity contribution is 9.10. The molecule has 2 aromatic heterocycles. The van der Waals surface area contributed by atoms with Gasteiger partial charge in [-0.3, -0.25) is 4.79 Å².